The molecular weight excluding hydrogens is 458 g/mol. The summed E-state index contributed by atoms with van der Waals surface area (Å²) < 4.78 is 22.9. The Bertz CT molecular complexity index is 1310. The Labute approximate surface area is 209 Å². The molecule has 0 atom stereocenters. The van der Waals surface area contributed by atoms with E-state index >= 15 is 0 Å². The number of carboxylic acid groups (broad SMARTS) is 1. The van der Waals surface area contributed by atoms with Gasteiger partial charge in [-0.25, -0.2) is 9.78 Å². The summed E-state index contributed by atoms with van der Waals surface area (Å²) >= 11 is 0. The van der Waals surface area contributed by atoms with Crippen LogP contribution in [0.3, 0.4) is 0 Å². The van der Waals surface area contributed by atoms with Crippen LogP contribution >= 0.6 is 0 Å². The van der Waals surface area contributed by atoms with Gasteiger partial charge >= 0.3 is 5.97 Å². The van der Waals surface area contributed by atoms with Crippen LogP contribution in [-0.2, 0) is 6.61 Å². The molecule has 4 aromatic rings. The molecular formula is C29H27NO6. The number of aromatic nitrogens is 1. The van der Waals surface area contributed by atoms with Gasteiger partial charge in [0.25, 0.3) is 0 Å². The smallest absolute Gasteiger partial charge is 0.337 e. The number of para-hydroxylation sites is 1. The second-order valence-corrected chi connectivity index (χ2v) is 7.88. The largest absolute Gasteiger partial charge is 0.497 e. The number of rotatable bonds is 11. The summed E-state index contributed by atoms with van der Waals surface area (Å²) in [6.07, 6.45) is 0.852. The molecule has 184 valence electrons. The van der Waals surface area contributed by atoms with Gasteiger partial charge in [0.1, 0.15) is 35.4 Å². The molecule has 1 heterocycles. The van der Waals surface area contributed by atoms with E-state index < -0.39 is 5.97 Å². The minimum absolute atomic E-state index is 0.0243. The highest BCUT2D eigenvalue weighted by molar-refractivity contribution is 5.89. The fourth-order valence-corrected chi connectivity index (χ4v) is 3.51. The minimum atomic E-state index is -1.08. The summed E-state index contributed by atoms with van der Waals surface area (Å²) in [6.45, 7) is 2.55. The van der Waals surface area contributed by atoms with Crippen molar-refractivity contribution in [1.29, 1.82) is 0 Å². The maximum Gasteiger partial charge on any atom is 0.337 e. The number of benzene rings is 3. The zero-order chi connectivity index (χ0) is 25.3. The highest BCUT2D eigenvalue weighted by Gasteiger charge is 2.17. The Morgan fingerprint density at radius 3 is 2.22 bits per heavy atom. The summed E-state index contributed by atoms with van der Waals surface area (Å²) in [7, 11) is 1.59. The van der Waals surface area contributed by atoms with E-state index in [2.05, 4.69) is 4.98 Å². The normalized spacial score (nSPS) is 10.5. The third kappa shape index (κ3) is 6.13. The third-order valence-corrected chi connectivity index (χ3v) is 5.31. The zero-order valence-electron chi connectivity index (χ0n) is 20.1. The van der Waals surface area contributed by atoms with Crippen molar-refractivity contribution in [3.63, 3.8) is 0 Å². The minimum Gasteiger partial charge on any atom is -0.497 e. The highest BCUT2D eigenvalue weighted by Crippen LogP contribution is 2.33. The van der Waals surface area contributed by atoms with Crippen molar-refractivity contribution < 1.29 is 28.8 Å². The van der Waals surface area contributed by atoms with Crippen molar-refractivity contribution in [2.24, 2.45) is 0 Å². The topological polar surface area (TPSA) is 87.1 Å². The van der Waals surface area contributed by atoms with Gasteiger partial charge in [-0.2, -0.15) is 0 Å². The SMILES string of the molecule is CCCOc1ccc(OC)cc1-c1ccc(C(=O)O)c(COc2ccc(Oc3ccccc3)cc2)n1. The molecule has 0 radical (unpaired) electrons. The van der Waals surface area contributed by atoms with E-state index in [1.165, 1.54) is 6.07 Å². The standard InChI is InChI=1S/C29H27NO6/c1-3-17-34-28-16-13-23(33-2)18-25(28)26-15-14-24(29(31)32)27(30-26)19-35-20-9-11-22(12-10-20)36-21-7-5-4-6-8-21/h4-16,18H,3,17,19H2,1-2H3,(H,31,32). The van der Waals surface area contributed by atoms with Crippen molar-refractivity contribution in [2.75, 3.05) is 13.7 Å². The molecule has 7 heteroatoms. The van der Waals surface area contributed by atoms with E-state index in [4.69, 9.17) is 18.9 Å². The van der Waals surface area contributed by atoms with Gasteiger partial charge in [-0.1, -0.05) is 25.1 Å². The fourth-order valence-electron chi connectivity index (χ4n) is 3.51. The van der Waals surface area contributed by atoms with Gasteiger partial charge in [-0.05, 0) is 73.2 Å². The number of carboxylic acids is 1. The number of carbonyl (C=O) groups is 1. The number of nitrogens with zero attached hydrogens (tertiary/aromatic N) is 1. The van der Waals surface area contributed by atoms with Crippen molar-refractivity contribution in [1.82, 2.24) is 4.98 Å². The summed E-state index contributed by atoms with van der Waals surface area (Å²) in [6, 6.07) is 25.2. The van der Waals surface area contributed by atoms with Crippen LogP contribution in [0, 0.1) is 0 Å². The van der Waals surface area contributed by atoms with E-state index in [9.17, 15) is 9.90 Å². The van der Waals surface area contributed by atoms with E-state index in [0.717, 1.165) is 12.2 Å². The molecule has 0 spiro atoms. The molecule has 1 aromatic heterocycles. The van der Waals surface area contributed by atoms with Crippen molar-refractivity contribution >= 4 is 5.97 Å². The maximum atomic E-state index is 11.9. The number of ether oxygens (including phenoxy) is 4. The first kappa shape index (κ1) is 24.6. The van der Waals surface area contributed by atoms with Crippen molar-refractivity contribution in [2.45, 2.75) is 20.0 Å². The second-order valence-electron chi connectivity index (χ2n) is 7.88. The predicted octanol–water partition coefficient (Wildman–Crippen LogP) is 6.62. The predicted molar refractivity (Wildman–Crippen MR) is 136 cm³/mol. The van der Waals surface area contributed by atoms with Crippen LogP contribution in [0.5, 0.6) is 28.7 Å². The first-order valence-electron chi connectivity index (χ1n) is 11.6. The molecule has 7 nitrogen and oxygen atoms in total. The summed E-state index contributed by atoms with van der Waals surface area (Å²) in [5.74, 6) is 2.18. The Morgan fingerprint density at radius 2 is 1.53 bits per heavy atom. The van der Waals surface area contributed by atoms with E-state index in [1.807, 2.05) is 55.5 Å². The number of pyridine rings is 1. The average molecular weight is 486 g/mol. The van der Waals surface area contributed by atoms with Crippen LogP contribution < -0.4 is 18.9 Å². The van der Waals surface area contributed by atoms with Gasteiger partial charge in [0.15, 0.2) is 0 Å². The Kier molecular flexibility index (Phi) is 8.03. The summed E-state index contributed by atoms with van der Waals surface area (Å²) in [5.41, 5.74) is 1.65. The molecule has 0 amide bonds. The van der Waals surface area contributed by atoms with Crippen LogP contribution in [0.15, 0.2) is 84.9 Å². The number of hydrogen-bond donors (Lipinski definition) is 1. The molecule has 4 rings (SSSR count). The van der Waals surface area contributed by atoms with Crippen molar-refractivity contribution in [3.8, 4) is 40.0 Å². The molecule has 0 fully saturated rings. The van der Waals surface area contributed by atoms with Crippen LogP contribution in [0.2, 0.25) is 0 Å². The average Bonchev–Trinajstić information content (AvgIpc) is 2.91. The summed E-state index contributed by atoms with van der Waals surface area (Å²) in [5, 5.41) is 9.70. The van der Waals surface area contributed by atoms with Gasteiger partial charge in [0, 0.05) is 5.56 Å². The Balaban J connectivity index is 1.56. The van der Waals surface area contributed by atoms with Crippen molar-refractivity contribution in [3.05, 3.63) is 96.2 Å². The summed E-state index contributed by atoms with van der Waals surface area (Å²) in [4.78, 5) is 16.5. The molecule has 0 unspecified atom stereocenters. The van der Waals surface area contributed by atoms with Gasteiger partial charge in [0.05, 0.1) is 30.7 Å². The molecule has 0 saturated carbocycles. The van der Waals surface area contributed by atoms with Gasteiger partial charge in [0.2, 0.25) is 0 Å². The highest BCUT2D eigenvalue weighted by atomic mass is 16.5. The van der Waals surface area contributed by atoms with Gasteiger partial charge in [-0.15, -0.1) is 0 Å². The first-order chi connectivity index (χ1) is 17.6. The van der Waals surface area contributed by atoms with Gasteiger partial charge < -0.3 is 24.1 Å². The Hall–Kier alpha value is -4.52. The van der Waals surface area contributed by atoms with E-state index in [1.54, 1.807) is 37.4 Å². The lowest BCUT2D eigenvalue weighted by Gasteiger charge is -2.14. The molecule has 0 aliphatic heterocycles. The molecule has 36 heavy (non-hydrogen) atoms. The quantitative estimate of drug-likeness (QED) is 0.256. The Morgan fingerprint density at radius 1 is 0.833 bits per heavy atom. The van der Waals surface area contributed by atoms with Crippen LogP contribution in [0.25, 0.3) is 11.3 Å². The fraction of sp³-hybridized carbons (Fsp3) is 0.172. The molecule has 3 aromatic carbocycles. The number of aromatic carboxylic acids is 1. The lowest BCUT2D eigenvalue weighted by molar-refractivity contribution is 0.0693. The first-order valence-corrected chi connectivity index (χ1v) is 11.6. The molecule has 0 saturated heterocycles. The van der Waals surface area contributed by atoms with Crippen LogP contribution in [-0.4, -0.2) is 29.8 Å². The van der Waals surface area contributed by atoms with E-state index in [-0.39, 0.29) is 12.2 Å². The van der Waals surface area contributed by atoms with E-state index in [0.29, 0.717) is 46.6 Å². The van der Waals surface area contributed by atoms with Gasteiger partial charge in [-0.3, -0.25) is 0 Å². The number of methoxy groups -OCH3 is 1. The van der Waals surface area contributed by atoms with Crippen LogP contribution in [0.4, 0.5) is 0 Å². The lowest BCUT2D eigenvalue weighted by Crippen LogP contribution is -2.09. The third-order valence-electron chi connectivity index (χ3n) is 5.31. The monoisotopic (exact) mass is 485 g/mol. The molecule has 0 aliphatic rings. The van der Waals surface area contributed by atoms with Crippen LogP contribution in [0.1, 0.15) is 29.4 Å². The molecule has 0 bridgehead atoms. The maximum absolute atomic E-state index is 11.9. The number of hydrogen-bond acceptors (Lipinski definition) is 6. The molecule has 1 N–H and O–H groups in total. The lowest BCUT2D eigenvalue weighted by atomic mass is 10.1. The molecule has 0 aliphatic carbocycles. The second kappa shape index (κ2) is 11.8. The zero-order valence-corrected chi connectivity index (χ0v) is 20.1.